The van der Waals surface area contributed by atoms with Gasteiger partial charge >= 0.3 is 5.97 Å². The topological polar surface area (TPSA) is 110 Å². The molecule has 3 fully saturated rings. The van der Waals surface area contributed by atoms with Gasteiger partial charge in [0.1, 0.15) is 17.6 Å². The van der Waals surface area contributed by atoms with Gasteiger partial charge in [0.25, 0.3) is 0 Å². The van der Waals surface area contributed by atoms with Gasteiger partial charge in [-0.05, 0) is 63.9 Å². The smallest absolute Gasteiger partial charge is 0.303 e. The highest BCUT2D eigenvalue weighted by Crippen LogP contribution is 2.38. The molecule has 9 heteroatoms. The average Bonchev–Trinajstić information content (AvgIpc) is 3.30. The predicted molar refractivity (Wildman–Crippen MR) is 154 cm³/mol. The third kappa shape index (κ3) is 8.74. The standard InChI is InChI=1S/C33H44O9/c34-26-21-29(41-32-16-8-10-20-38-32)25(24(26)12-3-1-2-4-14-30(35)36)17-18-28(40-31-15-7-9-19-37-31)33-39-22-23-11-5-6-13-27(23)42-33/h1,3,5-6,11,13,17-18,24-25,28-29,31-33H,2,4,7-10,12,14-16,19-22H2,(H,35,36)/t24-,25-,28-,29-,31?,32?,33?/m1/s1. The Balaban J connectivity index is 1.32. The van der Waals surface area contributed by atoms with E-state index in [0.29, 0.717) is 45.5 Å². The summed E-state index contributed by atoms with van der Waals surface area (Å²) in [6.45, 7) is 1.75. The fourth-order valence-electron chi connectivity index (χ4n) is 6.05. The van der Waals surface area contributed by atoms with Crippen molar-refractivity contribution < 1.29 is 43.1 Å². The minimum absolute atomic E-state index is 0.136. The van der Waals surface area contributed by atoms with Crippen molar-refractivity contribution >= 4 is 11.8 Å². The quantitative estimate of drug-likeness (QED) is 0.230. The zero-order valence-corrected chi connectivity index (χ0v) is 24.3. The lowest BCUT2D eigenvalue weighted by Crippen LogP contribution is -2.41. The number of rotatable bonds is 13. The molecule has 0 spiro atoms. The number of para-hydroxylation sites is 1. The van der Waals surface area contributed by atoms with Crippen LogP contribution in [0.3, 0.4) is 0 Å². The fourth-order valence-corrected chi connectivity index (χ4v) is 6.05. The van der Waals surface area contributed by atoms with Crippen molar-refractivity contribution in [3.8, 4) is 5.75 Å². The lowest BCUT2D eigenvalue weighted by atomic mass is 9.90. The van der Waals surface area contributed by atoms with E-state index in [-0.39, 0.29) is 42.7 Å². The monoisotopic (exact) mass is 584 g/mol. The zero-order valence-electron chi connectivity index (χ0n) is 24.3. The molecule has 1 saturated carbocycles. The Morgan fingerprint density at radius 1 is 1.02 bits per heavy atom. The molecular formula is C33H44O9. The second-order valence-electron chi connectivity index (χ2n) is 11.5. The largest absolute Gasteiger partial charge is 0.481 e. The third-order valence-corrected chi connectivity index (χ3v) is 8.35. The molecule has 1 N–H and O–H groups in total. The second-order valence-corrected chi connectivity index (χ2v) is 11.5. The van der Waals surface area contributed by atoms with Crippen LogP contribution in [0.4, 0.5) is 0 Å². The van der Waals surface area contributed by atoms with Crippen molar-refractivity contribution in [2.24, 2.45) is 11.8 Å². The van der Waals surface area contributed by atoms with E-state index in [4.69, 9.17) is 33.5 Å². The number of carbonyl (C=O) groups is 2. The van der Waals surface area contributed by atoms with Gasteiger partial charge in [0.15, 0.2) is 12.6 Å². The number of aliphatic carboxylic acids is 1. The Bertz CT molecular complexity index is 1070. The van der Waals surface area contributed by atoms with Crippen LogP contribution in [-0.2, 0) is 39.9 Å². The Morgan fingerprint density at radius 3 is 2.57 bits per heavy atom. The van der Waals surface area contributed by atoms with Crippen LogP contribution in [0, 0.1) is 11.8 Å². The lowest BCUT2D eigenvalue weighted by molar-refractivity contribution is -0.236. The predicted octanol–water partition coefficient (Wildman–Crippen LogP) is 5.71. The molecule has 1 aromatic carbocycles. The summed E-state index contributed by atoms with van der Waals surface area (Å²) in [5.74, 6) is -0.299. The van der Waals surface area contributed by atoms with Crippen LogP contribution in [-0.4, -0.2) is 61.2 Å². The number of unbranched alkanes of at least 4 members (excludes halogenated alkanes) is 1. The van der Waals surface area contributed by atoms with E-state index in [2.05, 4.69) is 0 Å². The minimum atomic E-state index is -0.797. The molecule has 9 nitrogen and oxygen atoms in total. The maximum Gasteiger partial charge on any atom is 0.303 e. The molecule has 5 rings (SSSR count). The summed E-state index contributed by atoms with van der Waals surface area (Å²) in [5.41, 5.74) is 0.989. The van der Waals surface area contributed by atoms with Crippen molar-refractivity contribution in [2.75, 3.05) is 13.2 Å². The van der Waals surface area contributed by atoms with Crippen LogP contribution in [0.25, 0.3) is 0 Å². The van der Waals surface area contributed by atoms with Gasteiger partial charge in [0.2, 0.25) is 6.29 Å². The van der Waals surface area contributed by atoms with E-state index in [1.54, 1.807) is 0 Å². The summed E-state index contributed by atoms with van der Waals surface area (Å²) in [6.07, 6.45) is 13.8. The highest BCUT2D eigenvalue weighted by molar-refractivity contribution is 5.85. The first-order valence-corrected chi connectivity index (χ1v) is 15.5. The van der Waals surface area contributed by atoms with Crippen LogP contribution in [0.1, 0.15) is 76.2 Å². The second kappa shape index (κ2) is 15.8. The normalized spacial score (nSPS) is 30.8. The van der Waals surface area contributed by atoms with Crippen molar-refractivity contribution in [1.82, 2.24) is 0 Å². The maximum atomic E-state index is 13.3. The third-order valence-electron chi connectivity index (χ3n) is 8.35. The molecule has 3 unspecified atom stereocenters. The summed E-state index contributed by atoms with van der Waals surface area (Å²) in [5, 5.41) is 8.89. The number of ketones is 1. The van der Waals surface area contributed by atoms with Crippen molar-refractivity contribution in [3.63, 3.8) is 0 Å². The number of ether oxygens (including phenoxy) is 6. The minimum Gasteiger partial charge on any atom is -0.481 e. The van der Waals surface area contributed by atoms with Gasteiger partial charge in [-0.2, -0.15) is 0 Å². The molecule has 0 aromatic heterocycles. The molecule has 0 radical (unpaired) electrons. The number of carboxylic acids is 1. The molecule has 7 atom stereocenters. The van der Waals surface area contributed by atoms with E-state index in [1.807, 2.05) is 48.6 Å². The highest BCUT2D eigenvalue weighted by Gasteiger charge is 2.43. The molecule has 230 valence electrons. The van der Waals surface area contributed by atoms with Gasteiger partial charge in [0, 0.05) is 43.5 Å². The van der Waals surface area contributed by atoms with Gasteiger partial charge in [-0.3, -0.25) is 9.59 Å². The summed E-state index contributed by atoms with van der Waals surface area (Å²) in [6, 6.07) is 7.83. The van der Waals surface area contributed by atoms with Gasteiger partial charge < -0.3 is 33.5 Å². The molecule has 0 bridgehead atoms. The maximum absolute atomic E-state index is 13.3. The number of fused-ring (bicyclic) bond motifs is 1. The first-order chi connectivity index (χ1) is 20.6. The average molecular weight is 585 g/mol. The van der Waals surface area contributed by atoms with Crippen LogP contribution >= 0.6 is 0 Å². The number of allylic oxidation sites excluding steroid dienone is 2. The van der Waals surface area contributed by atoms with Gasteiger partial charge in [-0.25, -0.2) is 0 Å². The summed E-state index contributed by atoms with van der Waals surface area (Å²) >= 11 is 0. The number of carboxylic acid groups (broad SMARTS) is 1. The number of hydrogen-bond acceptors (Lipinski definition) is 8. The van der Waals surface area contributed by atoms with Crippen LogP contribution in [0.2, 0.25) is 0 Å². The van der Waals surface area contributed by atoms with E-state index < -0.39 is 18.4 Å². The molecular weight excluding hydrogens is 540 g/mol. The van der Waals surface area contributed by atoms with E-state index >= 15 is 0 Å². The van der Waals surface area contributed by atoms with Gasteiger partial charge in [-0.15, -0.1) is 0 Å². The van der Waals surface area contributed by atoms with Gasteiger partial charge in [-0.1, -0.05) is 42.5 Å². The number of carbonyl (C=O) groups excluding carboxylic acids is 1. The molecule has 4 aliphatic rings. The van der Waals surface area contributed by atoms with Crippen LogP contribution < -0.4 is 4.74 Å². The summed E-state index contributed by atoms with van der Waals surface area (Å²) in [4.78, 5) is 24.1. The molecule has 0 amide bonds. The summed E-state index contributed by atoms with van der Waals surface area (Å²) < 4.78 is 36.9. The molecule has 3 heterocycles. The van der Waals surface area contributed by atoms with Crippen molar-refractivity contribution in [3.05, 3.63) is 54.1 Å². The highest BCUT2D eigenvalue weighted by atomic mass is 16.7. The van der Waals surface area contributed by atoms with E-state index in [9.17, 15) is 9.59 Å². The fraction of sp³-hybridized carbons (Fsp3) is 0.636. The first-order valence-electron chi connectivity index (χ1n) is 15.5. The molecule has 1 aromatic rings. The number of Topliss-reactive ketones (excluding diaryl/α,β-unsaturated/α-hetero) is 1. The zero-order chi connectivity index (χ0) is 29.1. The Kier molecular flexibility index (Phi) is 11.6. The molecule has 42 heavy (non-hydrogen) atoms. The van der Waals surface area contributed by atoms with Crippen molar-refractivity contribution in [2.45, 2.75) is 108 Å². The lowest BCUT2D eigenvalue weighted by Gasteiger charge is -2.34. The molecule has 1 aliphatic carbocycles. The van der Waals surface area contributed by atoms with E-state index in [0.717, 1.165) is 49.8 Å². The van der Waals surface area contributed by atoms with Crippen molar-refractivity contribution in [1.29, 1.82) is 0 Å². The van der Waals surface area contributed by atoms with E-state index in [1.165, 1.54) is 0 Å². The Labute approximate surface area is 248 Å². The Morgan fingerprint density at radius 2 is 1.81 bits per heavy atom. The summed E-state index contributed by atoms with van der Waals surface area (Å²) in [7, 11) is 0. The Hall–Kier alpha value is -2.56. The molecule has 2 saturated heterocycles. The van der Waals surface area contributed by atoms with Crippen LogP contribution in [0.5, 0.6) is 5.75 Å². The number of hydrogen-bond donors (Lipinski definition) is 1. The van der Waals surface area contributed by atoms with Crippen LogP contribution in [0.15, 0.2) is 48.6 Å². The molecule has 3 aliphatic heterocycles. The van der Waals surface area contributed by atoms with Gasteiger partial charge in [0.05, 0.1) is 12.7 Å². The first kappa shape index (κ1) is 30.9. The SMILES string of the molecule is O=C(O)CCCC=CC[C@H]1C(=O)C[C@@H](OC2CCCCO2)[C@@H]1C=C[C@@H](OC1CCCCO1)C1OCc2ccccc2O1. The number of benzene rings is 1.